The highest BCUT2D eigenvalue weighted by Gasteiger charge is 2.21. The Labute approximate surface area is 141 Å². The minimum Gasteiger partial charge on any atom is -0.397 e. The molecule has 0 unspecified atom stereocenters. The van der Waals surface area contributed by atoms with Gasteiger partial charge in [-0.3, -0.25) is 0 Å². The van der Waals surface area contributed by atoms with E-state index in [0.29, 0.717) is 11.4 Å². The fourth-order valence-corrected chi connectivity index (χ4v) is 2.16. The standard InChI is InChI=1S/C12H17N11O2/c13-7-1-5(2-8(14)11(7)21-24)19-23(17,18)20-6-3-9(15)12(22-25)10(16)4-6/h1-4H,17-18H2,(H9-,13,14,15,16,19,20,24,25)/p+1. The number of anilines is 6. The maximum Gasteiger partial charge on any atom is 0.153 e. The lowest BCUT2D eigenvalue weighted by Crippen LogP contribution is -2.67. The van der Waals surface area contributed by atoms with Crippen LogP contribution >= 0.6 is 0 Å². The average Bonchev–Trinajstić information content (AvgIpc) is 2.45. The van der Waals surface area contributed by atoms with Crippen molar-refractivity contribution in [1.82, 2.24) is 0 Å². The van der Waals surface area contributed by atoms with Crippen molar-refractivity contribution in [3.8, 4) is 0 Å². The van der Waals surface area contributed by atoms with Crippen LogP contribution in [0.15, 0.2) is 34.6 Å². The highest BCUT2D eigenvalue weighted by atomic mass is 16.3. The molecular formula is C12H18N11O2+. The zero-order valence-electron chi connectivity index (χ0n) is 12.9. The molecule has 0 saturated heterocycles. The lowest BCUT2D eigenvalue weighted by Gasteiger charge is -2.27. The van der Waals surface area contributed by atoms with E-state index in [2.05, 4.69) is 21.2 Å². The molecule has 0 bridgehead atoms. The zero-order valence-corrected chi connectivity index (χ0v) is 12.9. The molecule has 0 aromatic heterocycles. The number of quaternary nitrogens is 1. The third kappa shape index (κ3) is 3.81. The summed E-state index contributed by atoms with van der Waals surface area (Å²) in [6.07, 6.45) is 0. The molecule has 0 spiro atoms. The van der Waals surface area contributed by atoms with Gasteiger partial charge in [0.05, 0.1) is 34.1 Å². The molecule has 0 aliphatic rings. The van der Waals surface area contributed by atoms with Gasteiger partial charge in [-0.15, -0.1) is 21.5 Å². The summed E-state index contributed by atoms with van der Waals surface area (Å²) in [5, 5.41) is 5.47. The van der Waals surface area contributed by atoms with Crippen LogP contribution in [0.5, 0.6) is 0 Å². The first-order valence-corrected chi connectivity index (χ1v) is 6.74. The van der Waals surface area contributed by atoms with Crippen molar-refractivity contribution in [2.75, 3.05) is 33.8 Å². The summed E-state index contributed by atoms with van der Waals surface area (Å²) < 4.78 is 0. The van der Waals surface area contributed by atoms with Crippen LogP contribution < -0.4 is 45.5 Å². The molecule has 13 heteroatoms. The van der Waals surface area contributed by atoms with Gasteiger partial charge in [0, 0.05) is 4.92 Å². The van der Waals surface area contributed by atoms with Gasteiger partial charge >= 0.3 is 0 Å². The van der Waals surface area contributed by atoms with E-state index >= 15 is 0 Å². The van der Waals surface area contributed by atoms with Gasteiger partial charge in [-0.2, -0.15) is 10.9 Å². The number of rotatable bonds is 6. The predicted octanol–water partition coefficient (Wildman–Crippen LogP) is 0.729. The molecular weight excluding hydrogens is 330 g/mol. The molecule has 2 aromatic carbocycles. The SMILES string of the molecule is Nc1cc(N[N+](N)(N)Nc2cc(N)c(N=O)c(N)c2)cc(N)c1N=O. The molecule has 2 aromatic rings. The molecule has 0 radical (unpaired) electrons. The normalized spacial score (nSPS) is 11.0. The highest BCUT2D eigenvalue weighted by molar-refractivity contribution is 5.82. The highest BCUT2D eigenvalue weighted by Crippen LogP contribution is 2.34. The zero-order chi connectivity index (χ0) is 18.8. The lowest BCUT2D eigenvalue weighted by molar-refractivity contribution is -0.910. The van der Waals surface area contributed by atoms with E-state index in [4.69, 9.17) is 34.6 Å². The van der Waals surface area contributed by atoms with Crippen LogP contribution in [0.2, 0.25) is 0 Å². The van der Waals surface area contributed by atoms with Crippen LogP contribution in [0.25, 0.3) is 0 Å². The molecule has 0 heterocycles. The minimum atomic E-state index is -0.959. The number of nitrogens with zero attached hydrogens (tertiary/aromatic N) is 3. The van der Waals surface area contributed by atoms with E-state index in [9.17, 15) is 9.81 Å². The van der Waals surface area contributed by atoms with Crippen molar-refractivity contribution in [2.45, 2.75) is 0 Å². The smallest absolute Gasteiger partial charge is 0.153 e. The molecule has 0 atom stereocenters. The topological polar surface area (TPSA) is 239 Å². The Bertz CT molecular complexity index is 722. The number of nitrogen functional groups attached to an aromatic ring is 4. The van der Waals surface area contributed by atoms with Gasteiger partial charge in [0.2, 0.25) is 0 Å². The summed E-state index contributed by atoms with van der Waals surface area (Å²) in [5.41, 5.74) is 28.7. The predicted molar refractivity (Wildman–Crippen MR) is 97.3 cm³/mol. The fourth-order valence-electron chi connectivity index (χ4n) is 2.16. The fraction of sp³-hybridized carbons (Fsp3) is 0. The molecule has 2 rings (SSSR count). The van der Waals surface area contributed by atoms with Gasteiger partial charge < -0.3 is 22.9 Å². The quantitative estimate of drug-likeness (QED) is 0.119. The van der Waals surface area contributed by atoms with Crippen LogP contribution in [0, 0.1) is 9.81 Å². The van der Waals surface area contributed by atoms with E-state index in [0.717, 1.165) is 0 Å². The lowest BCUT2D eigenvalue weighted by atomic mass is 10.2. The summed E-state index contributed by atoms with van der Waals surface area (Å²) >= 11 is 0. The Kier molecular flexibility index (Phi) is 4.55. The van der Waals surface area contributed by atoms with Crippen molar-refractivity contribution in [3.05, 3.63) is 34.1 Å². The van der Waals surface area contributed by atoms with Crippen LogP contribution in [0.3, 0.4) is 0 Å². The van der Waals surface area contributed by atoms with Gasteiger partial charge in [0.25, 0.3) is 0 Å². The van der Waals surface area contributed by atoms with Crippen molar-refractivity contribution in [2.24, 2.45) is 22.0 Å². The molecule has 13 nitrogen and oxygen atoms in total. The number of nitroso groups, excluding NO2 is 2. The average molecular weight is 348 g/mol. The molecule has 0 amide bonds. The molecule has 132 valence electrons. The second kappa shape index (κ2) is 6.44. The Morgan fingerprint density at radius 2 is 0.960 bits per heavy atom. The van der Waals surface area contributed by atoms with Crippen molar-refractivity contribution in [1.29, 1.82) is 0 Å². The largest absolute Gasteiger partial charge is 0.397 e. The minimum absolute atomic E-state index is 0.0485. The van der Waals surface area contributed by atoms with E-state index in [1.54, 1.807) is 0 Å². The monoisotopic (exact) mass is 348 g/mol. The number of hydrogen-bond donors (Lipinski definition) is 8. The maximum absolute atomic E-state index is 10.7. The van der Waals surface area contributed by atoms with Crippen LogP contribution in [0.4, 0.5) is 45.5 Å². The van der Waals surface area contributed by atoms with Crippen molar-refractivity contribution < 1.29 is 4.92 Å². The van der Waals surface area contributed by atoms with E-state index in [-0.39, 0.29) is 34.1 Å². The first-order chi connectivity index (χ1) is 11.7. The Hall–Kier alpha value is -3.68. The number of hydrogen-bond acceptors (Lipinski definition) is 12. The summed E-state index contributed by atoms with van der Waals surface area (Å²) in [4.78, 5) is 20.3. The number of nitrogens with one attached hydrogen (secondary N) is 2. The summed E-state index contributed by atoms with van der Waals surface area (Å²) in [5.74, 6) is 11.8. The third-order valence-corrected chi connectivity index (χ3v) is 3.15. The van der Waals surface area contributed by atoms with Gasteiger partial charge in [-0.1, -0.05) is 0 Å². The Morgan fingerprint density at radius 3 is 1.20 bits per heavy atom. The van der Waals surface area contributed by atoms with Crippen molar-refractivity contribution >= 4 is 45.5 Å². The molecule has 0 aliphatic carbocycles. The second-order valence-electron chi connectivity index (χ2n) is 5.19. The third-order valence-electron chi connectivity index (χ3n) is 3.15. The van der Waals surface area contributed by atoms with Gasteiger partial charge in [-0.05, 0) is 34.6 Å². The maximum atomic E-state index is 10.7. The summed E-state index contributed by atoms with van der Waals surface area (Å²) in [6, 6.07) is 5.51. The van der Waals surface area contributed by atoms with E-state index < -0.39 is 4.92 Å². The van der Waals surface area contributed by atoms with Crippen molar-refractivity contribution in [3.63, 3.8) is 0 Å². The second-order valence-corrected chi connectivity index (χ2v) is 5.19. The molecule has 0 fully saturated rings. The molecule has 25 heavy (non-hydrogen) atoms. The first-order valence-electron chi connectivity index (χ1n) is 6.74. The number of nitrogens with two attached hydrogens (primary N) is 6. The van der Waals surface area contributed by atoms with E-state index in [1.165, 1.54) is 24.3 Å². The molecule has 0 aliphatic heterocycles. The Balaban J connectivity index is 2.25. The van der Waals surface area contributed by atoms with Gasteiger partial charge in [0.15, 0.2) is 11.4 Å². The summed E-state index contributed by atoms with van der Waals surface area (Å²) in [6.45, 7) is 0. The number of benzene rings is 2. The Morgan fingerprint density at radius 1 is 0.680 bits per heavy atom. The van der Waals surface area contributed by atoms with Gasteiger partial charge in [0.1, 0.15) is 0 Å². The van der Waals surface area contributed by atoms with E-state index in [1.807, 2.05) is 0 Å². The molecule has 14 N–H and O–H groups in total. The van der Waals surface area contributed by atoms with Gasteiger partial charge in [-0.25, -0.2) is 0 Å². The first kappa shape index (κ1) is 17.7. The molecule has 0 saturated carbocycles. The van der Waals surface area contributed by atoms with Crippen LogP contribution in [0.1, 0.15) is 0 Å². The van der Waals surface area contributed by atoms with Crippen LogP contribution in [-0.4, -0.2) is 4.92 Å². The summed E-state index contributed by atoms with van der Waals surface area (Å²) in [7, 11) is 0. The van der Waals surface area contributed by atoms with Crippen LogP contribution in [-0.2, 0) is 0 Å².